The number of hydrogen-bond donors (Lipinski definition) is 0. The first-order chi connectivity index (χ1) is 7.65. The maximum atomic E-state index is 11.4. The predicted molar refractivity (Wildman–Crippen MR) is 63.8 cm³/mol. The molecule has 0 bridgehead atoms. The number of halogens is 2. The van der Waals surface area contributed by atoms with E-state index in [2.05, 4.69) is 4.98 Å². The van der Waals surface area contributed by atoms with Crippen molar-refractivity contribution in [2.45, 2.75) is 19.3 Å². The maximum absolute atomic E-state index is 11.4. The summed E-state index contributed by atoms with van der Waals surface area (Å²) in [4.78, 5) is 17.1. The Balaban J connectivity index is 1.96. The number of nitrogens with zero attached hydrogens (tertiary/aromatic N) is 2. The zero-order valence-corrected chi connectivity index (χ0v) is 10.3. The fourth-order valence-electron chi connectivity index (χ4n) is 1.86. The summed E-state index contributed by atoms with van der Waals surface area (Å²) in [5.74, 6) is 0.242. The Kier molecular flexibility index (Phi) is 3.66. The minimum Gasteiger partial charge on any atom is -0.342 e. The molecule has 1 aliphatic rings. The van der Waals surface area contributed by atoms with Crippen molar-refractivity contribution in [3.63, 3.8) is 0 Å². The number of likely N-dealkylation sites (tertiary alicyclic amines) is 1. The average Bonchev–Trinajstić information content (AvgIpc) is 2.59. The van der Waals surface area contributed by atoms with Gasteiger partial charge < -0.3 is 4.90 Å². The molecule has 1 aromatic rings. The second kappa shape index (κ2) is 5.02. The first-order valence-electron chi connectivity index (χ1n) is 5.25. The van der Waals surface area contributed by atoms with Gasteiger partial charge in [-0.2, -0.15) is 0 Å². The summed E-state index contributed by atoms with van der Waals surface area (Å²) in [6.45, 7) is 1.60. The summed E-state index contributed by atoms with van der Waals surface area (Å²) >= 11 is 11.6. The molecule has 0 aromatic carbocycles. The number of rotatable bonds is 3. The van der Waals surface area contributed by atoms with Crippen LogP contribution in [0.5, 0.6) is 0 Å². The van der Waals surface area contributed by atoms with E-state index in [-0.39, 0.29) is 5.91 Å². The van der Waals surface area contributed by atoms with Crippen molar-refractivity contribution in [2.24, 2.45) is 0 Å². The first kappa shape index (κ1) is 11.7. The van der Waals surface area contributed by atoms with Gasteiger partial charge in [0.15, 0.2) is 0 Å². The topological polar surface area (TPSA) is 33.2 Å². The number of carbonyl (C=O) groups is 1. The Morgan fingerprint density at radius 2 is 2.00 bits per heavy atom. The lowest BCUT2D eigenvalue weighted by Gasteiger charge is -2.15. The number of hydrogen-bond acceptors (Lipinski definition) is 2. The van der Waals surface area contributed by atoms with E-state index in [9.17, 15) is 4.79 Å². The molecule has 86 valence electrons. The van der Waals surface area contributed by atoms with Crippen LogP contribution in [0.1, 0.15) is 18.4 Å². The van der Waals surface area contributed by atoms with Gasteiger partial charge in [0, 0.05) is 19.5 Å². The van der Waals surface area contributed by atoms with Gasteiger partial charge >= 0.3 is 0 Å². The summed E-state index contributed by atoms with van der Waals surface area (Å²) < 4.78 is 0. The van der Waals surface area contributed by atoms with E-state index in [1.165, 1.54) is 0 Å². The molecule has 3 nitrogen and oxygen atoms in total. The predicted octanol–water partition coefficient (Wildman–Crippen LogP) is 2.55. The van der Waals surface area contributed by atoms with Crippen LogP contribution in [-0.2, 0) is 11.2 Å². The fraction of sp³-hybridized carbons (Fsp3) is 0.455. The number of aromatic nitrogens is 1. The van der Waals surface area contributed by atoms with Crippen molar-refractivity contribution in [3.8, 4) is 0 Å². The van der Waals surface area contributed by atoms with Gasteiger partial charge in [0.25, 0.3) is 0 Å². The normalized spacial score (nSPS) is 15.9. The smallest absolute Gasteiger partial charge is 0.222 e. The van der Waals surface area contributed by atoms with Crippen LogP contribution in [-0.4, -0.2) is 28.9 Å². The zero-order chi connectivity index (χ0) is 11.5. The van der Waals surface area contributed by atoms with Crippen molar-refractivity contribution in [3.05, 3.63) is 28.0 Å². The third-order valence-corrected chi connectivity index (χ3v) is 3.05. The van der Waals surface area contributed by atoms with Crippen LogP contribution >= 0.6 is 23.2 Å². The molecule has 0 aliphatic carbocycles. The van der Waals surface area contributed by atoms with Gasteiger partial charge in [-0.25, -0.2) is 4.98 Å². The van der Waals surface area contributed by atoms with Gasteiger partial charge in [0.1, 0.15) is 10.3 Å². The molecule has 1 aliphatic heterocycles. The standard InChI is InChI=1S/C11H12Cl2N2O/c12-9-6-8(7-10(13)14-9)3-5-15-4-1-2-11(15)16/h6-7H,1-5H2. The highest BCUT2D eigenvalue weighted by molar-refractivity contribution is 6.32. The Morgan fingerprint density at radius 1 is 1.31 bits per heavy atom. The monoisotopic (exact) mass is 258 g/mol. The minimum absolute atomic E-state index is 0.242. The van der Waals surface area contributed by atoms with Crippen molar-refractivity contribution < 1.29 is 4.79 Å². The molecule has 0 radical (unpaired) electrons. The Labute approximate surface area is 104 Å². The molecule has 0 saturated carbocycles. The second-order valence-corrected chi connectivity index (χ2v) is 4.63. The first-order valence-corrected chi connectivity index (χ1v) is 6.00. The van der Waals surface area contributed by atoms with Gasteiger partial charge in [-0.15, -0.1) is 0 Å². The molecule has 0 atom stereocenters. The Hall–Kier alpha value is -0.800. The number of pyridine rings is 1. The lowest BCUT2D eigenvalue weighted by Crippen LogP contribution is -2.26. The lowest BCUT2D eigenvalue weighted by molar-refractivity contribution is -0.127. The average molecular weight is 259 g/mol. The molecule has 1 saturated heterocycles. The number of carbonyl (C=O) groups excluding carboxylic acids is 1. The van der Waals surface area contributed by atoms with Crippen molar-refractivity contribution in [1.82, 2.24) is 9.88 Å². The summed E-state index contributed by atoms with van der Waals surface area (Å²) in [7, 11) is 0. The van der Waals surface area contributed by atoms with Crippen LogP contribution in [0.3, 0.4) is 0 Å². The summed E-state index contributed by atoms with van der Waals surface area (Å²) in [6.07, 6.45) is 2.42. The van der Waals surface area contributed by atoms with Crippen molar-refractivity contribution in [1.29, 1.82) is 0 Å². The molecule has 2 rings (SSSR count). The van der Waals surface area contributed by atoms with Crippen molar-refractivity contribution >= 4 is 29.1 Å². The molecule has 16 heavy (non-hydrogen) atoms. The Bertz CT molecular complexity index is 389. The van der Waals surface area contributed by atoms with Crippen LogP contribution < -0.4 is 0 Å². The largest absolute Gasteiger partial charge is 0.342 e. The Morgan fingerprint density at radius 3 is 2.56 bits per heavy atom. The van der Waals surface area contributed by atoms with E-state index in [1.807, 2.05) is 4.90 Å². The van der Waals surface area contributed by atoms with E-state index in [4.69, 9.17) is 23.2 Å². The minimum atomic E-state index is 0.242. The van der Waals surface area contributed by atoms with Crippen LogP contribution in [0.4, 0.5) is 0 Å². The van der Waals surface area contributed by atoms with Crippen LogP contribution in [0, 0.1) is 0 Å². The van der Waals surface area contributed by atoms with Gasteiger partial charge in [0.05, 0.1) is 0 Å². The molecule has 0 spiro atoms. The molecule has 1 aromatic heterocycles. The fourth-order valence-corrected chi connectivity index (χ4v) is 2.37. The van der Waals surface area contributed by atoms with E-state index in [0.29, 0.717) is 16.7 Å². The van der Waals surface area contributed by atoms with Crippen molar-refractivity contribution in [2.75, 3.05) is 13.1 Å². The summed E-state index contributed by atoms with van der Waals surface area (Å²) in [5, 5.41) is 0.797. The van der Waals surface area contributed by atoms with Gasteiger partial charge in [-0.05, 0) is 30.5 Å². The molecule has 1 amide bonds. The SMILES string of the molecule is O=C1CCCN1CCc1cc(Cl)nc(Cl)c1. The second-order valence-electron chi connectivity index (χ2n) is 3.86. The summed E-state index contributed by atoms with van der Waals surface area (Å²) in [5.41, 5.74) is 1.02. The van der Waals surface area contributed by atoms with E-state index < -0.39 is 0 Å². The molecule has 0 unspecified atom stereocenters. The third kappa shape index (κ3) is 2.86. The zero-order valence-electron chi connectivity index (χ0n) is 8.75. The third-order valence-electron chi connectivity index (χ3n) is 2.66. The highest BCUT2D eigenvalue weighted by atomic mass is 35.5. The summed E-state index contributed by atoms with van der Waals surface area (Å²) in [6, 6.07) is 3.57. The quantitative estimate of drug-likeness (QED) is 0.781. The molecule has 2 heterocycles. The van der Waals surface area contributed by atoms with E-state index in [0.717, 1.165) is 31.5 Å². The van der Waals surface area contributed by atoms with E-state index >= 15 is 0 Å². The molecule has 5 heteroatoms. The number of amides is 1. The van der Waals surface area contributed by atoms with Gasteiger partial charge in [0.2, 0.25) is 5.91 Å². The van der Waals surface area contributed by atoms with Crippen LogP contribution in [0.2, 0.25) is 10.3 Å². The maximum Gasteiger partial charge on any atom is 0.222 e. The van der Waals surface area contributed by atoms with Gasteiger partial charge in [-0.1, -0.05) is 23.2 Å². The van der Waals surface area contributed by atoms with E-state index in [1.54, 1.807) is 12.1 Å². The molecule has 0 N–H and O–H groups in total. The van der Waals surface area contributed by atoms with Crippen LogP contribution in [0.25, 0.3) is 0 Å². The van der Waals surface area contributed by atoms with Gasteiger partial charge in [-0.3, -0.25) is 4.79 Å². The lowest BCUT2D eigenvalue weighted by atomic mass is 10.2. The highest BCUT2D eigenvalue weighted by Gasteiger charge is 2.19. The molecular weight excluding hydrogens is 247 g/mol. The van der Waals surface area contributed by atoms with Crippen LogP contribution in [0.15, 0.2) is 12.1 Å². The molecule has 1 fully saturated rings. The highest BCUT2D eigenvalue weighted by Crippen LogP contribution is 2.16. The molecular formula is C11H12Cl2N2O.